The summed E-state index contributed by atoms with van der Waals surface area (Å²) in [4.78, 5) is 12.8. The molecule has 0 aliphatic carbocycles. The Morgan fingerprint density at radius 3 is 2.47 bits per heavy atom. The Kier molecular flexibility index (Phi) is 6.87. The number of nitrogens with one attached hydrogen (secondary N) is 2. The van der Waals surface area contributed by atoms with Crippen molar-refractivity contribution in [2.45, 2.75) is 19.4 Å². The van der Waals surface area contributed by atoms with Gasteiger partial charge in [0.25, 0.3) is 0 Å². The van der Waals surface area contributed by atoms with Gasteiger partial charge in [-0.3, -0.25) is 0 Å². The van der Waals surface area contributed by atoms with Crippen LogP contribution >= 0.6 is 15.9 Å². The zero-order chi connectivity index (χ0) is 14.3. The highest BCUT2D eigenvalue weighted by molar-refractivity contribution is 9.10. The summed E-state index contributed by atoms with van der Waals surface area (Å²) in [5.41, 5.74) is 1.31. The molecule has 1 unspecified atom stereocenters. The number of halogens is 1. The third-order valence-electron chi connectivity index (χ3n) is 2.76. The number of rotatable bonds is 6. The molecule has 0 radical (unpaired) electrons. The van der Waals surface area contributed by atoms with Crippen LogP contribution in [-0.4, -0.2) is 44.2 Å². The summed E-state index contributed by atoms with van der Waals surface area (Å²) in [6.07, 6.45) is 0.981. The van der Waals surface area contributed by atoms with Crippen molar-refractivity contribution < 1.29 is 4.79 Å². The maximum Gasteiger partial charge on any atom is 0.316 e. The summed E-state index contributed by atoms with van der Waals surface area (Å²) >= 11 is 3.43. The van der Waals surface area contributed by atoms with E-state index in [0.29, 0.717) is 12.6 Å². The molecule has 0 aromatic heterocycles. The molecule has 0 saturated carbocycles. The average molecular weight is 328 g/mol. The number of amides is 2. The first-order valence-electron chi connectivity index (χ1n) is 6.42. The van der Waals surface area contributed by atoms with Gasteiger partial charge < -0.3 is 15.5 Å². The first-order chi connectivity index (χ1) is 8.99. The Morgan fingerprint density at radius 1 is 1.26 bits per heavy atom. The summed E-state index contributed by atoms with van der Waals surface area (Å²) in [6, 6.07) is 8.69. The van der Waals surface area contributed by atoms with Gasteiger partial charge in [-0.2, -0.15) is 0 Å². The van der Waals surface area contributed by atoms with Crippen molar-refractivity contribution in [3.8, 4) is 0 Å². The molecule has 2 N–H and O–H groups in total. The highest BCUT2D eigenvalue weighted by Crippen LogP contribution is 2.11. The Bertz CT molecular complexity index is 392. The highest BCUT2D eigenvalue weighted by atomic mass is 79.9. The molecular weight excluding hydrogens is 306 g/mol. The van der Waals surface area contributed by atoms with Crippen LogP contribution in [0.1, 0.15) is 12.5 Å². The lowest BCUT2D eigenvalue weighted by molar-refractivity contribution is 0.217. The fourth-order valence-corrected chi connectivity index (χ4v) is 1.96. The molecular formula is C14H22BrN3O. The molecule has 106 valence electrons. The number of nitrogens with zero attached hydrogens (tertiary/aromatic N) is 1. The number of carbonyl (C=O) groups excluding carboxylic acids is 1. The van der Waals surface area contributed by atoms with Gasteiger partial charge in [-0.25, -0.2) is 4.79 Å². The third-order valence-corrected chi connectivity index (χ3v) is 3.28. The predicted octanol–water partition coefficient (Wildman–Crippen LogP) is 2.24. The number of hydrogen-bond acceptors (Lipinski definition) is 2. The Labute approximate surface area is 123 Å². The molecule has 1 aromatic carbocycles. The Hall–Kier alpha value is -1.07. The lowest BCUT2D eigenvalue weighted by atomic mass is 10.1. The van der Waals surface area contributed by atoms with Crippen LogP contribution in [0.4, 0.5) is 4.79 Å². The fourth-order valence-electron chi connectivity index (χ4n) is 1.69. The van der Waals surface area contributed by atoms with Crippen LogP contribution in [0, 0.1) is 0 Å². The summed E-state index contributed by atoms with van der Waals surface area (Å²) in [7, 11) is 3.47. The minimum Gasteiger partial charge on any atom is -0.337 e. The molecule has 4 nitrogen and oxygen atoms in total. The first kappa shape index (κ1) is 16.0. The second-order valence-electron chi connectivity index (χ2n) is 4.81. The minimum absolute atomic E-state index is 0.0534. The molecule has 5 heteroatoms. The lowest BCUT2D eigenvalue weighted by Crippen LogP contribution is -2.40. The summed E-state index contributed by atoms with van der Waals surface area (Å²) in [6.45, 7) is 3.56. The summed E-state index contributed by atoms with van der Waals surface area (Å²) in [5.74, 6) is 0. The number of urea groups is 1. The average Bonchev–Trinajstić information content (AvgIpc) is 2.37. The Balaban J connectivity index is 2.19. The van der Waals surface area contributed by atoms with E-state index in [1.165, 1.54) is 10.5 Å². The van der Waals surface area contributed by atoms with Gasteiger partial charge in [0.05, 0.1) is 0 Å². The minimum atomic E-state index is -0.0534. The Morgan fingerprint density at radius 2 is 1.89 bits per heavy atom. The van der Waals surface area contributed by atoms with E-state index in [1.807, 2.05) is 0 Å². The van der Waals surface area contributed by atoms with E-state index in [0.717, 1.165) is 17.4 Å². The van der Waals surface area contributed by atoms with E-state index in [4.69, 9.17) is 0 Å². The van der Waals surface area contributed by atoms with Crippen LogP contribution < -0.4 is 10.6 Å². The molecule has 0 saturated heterocycles. The van der Waals surface area contributed by atoms with Gasteiger partial charge in [0, 0.05) is 37.7 Å². The number of carbonyl (C=O) groups is 1. The fraction of sp³-hybridized carbons (Fsp3) is 0.500. The molecule has 0 spiro atoms. The van der Waals surface area contributed by atoms with Crippen molar-refractivity contribution in [3.05, 3.63) is 34.3 Å². The molecule has 0 aliphatic heterocycles. The van der Waals surface area contributed by atoms with Crippen molar-refractivity contribution in [1.29, 1.82) is 0 Å². The number of hydrogen-bond donors (Lipinski definition) is 2. The zero-order valence-electron chi connectivity index (χ0n) is 11.7. The van der Waals surface area contributed by atoms with Crippen molar-refractivity contribution in [3.63, 3.8) is 0 Å². The highest BCUT2D eigenvalue weighted by Gasteiger charge is 2.04. The van der Waals surface area contributed by atoms with Gasteiger partial charge in [0.2, 0.25) is 0 Å². The quantitative estimate of drug-likeness (QED) is 0.787. The largest absolute Gasteiger partial charge is 0.337 e. The summed E-state index contributed by atoms with van der Waals surface area (Å²) in [5, 5.41) is 6.22. The SMILES string of the molecule is CC(Cc1ccc(Br)cc1)NCCNC(=O)N(C)C. The standard InChI is InChI=1S/C14H22BrN3O/c1-11(10-12-4-6-13(15)7-5-12)16-8-9-17-14(19)18(2)3/h4-7,11,16H,8-10H2,1-3H3,(H,17,19). The lowest BCUT2D eigenvalue weighted by Gasteiger charge is -2.16. The molecule has 0 aliphatic rings. The molecule has 2 amide bonds. The smallest absolute Gasteiger partial charge is 0.316 e. The van der Waals surface area contributed by atoms with Gasteiger partial charge in [-0.15, -0.1) is 0 Å². The van der Waals surface area contributed by atoms with E-state index in [-0.39, 0.29) is 6.03 Å². The van der Waals surface area contributed by atoms with Crippen LogP contribution in [0.5, 0.6) is 0 Å². The second kappa shape index (κ2) is 8.17. The molecule has 1 rings (SSSR count). The van der Waals surface area contributed by atoms with E-state index >= 15 is 0 Å². The topological polar surface area (TPSA) is 44.4 Å². The van der Waals surface area contributed by atoms with E-state index in [9.17, 15) is 4.79 Å². The van der Waals surface area contributed by atoms with Crippen LogP contribution in [-0.2, 0) is 6.42 Å². The number of benzene rings is 1. The van der Waals surface area contributed by atoms with Gasteiger partial charge in [0.1, 0.15) is 0 Å². The molecule has 1 atom stereocenters. The van der Waals surface area contributed by atoms with Crippen molar-refractivity contribution >= 4 is 22.0 Å². The predicted molar refractivity (Wildman–Crippen MR) is 82.4 cm³/mol. The van der Waals surface area contributed by atoms with Gasteiger partial charge in [0.15, 0.2) is 0 Å². The van der Waals surface area contributed by atoms with Crippen molar-refractivity contribution in [2.24, 2.45) is 0 Å². The van der Waals surface area contributed by atoms with Gasteiger partial charge in [-0.1, -0.05) is 28.1 Å². The van der Waals surface area contributed by atoms with E-state index in [1.54, 1.807) is 14.1 Å². The van der Waals surface area contributed by atoms with Crippen LogP contribution in [0.25, 0.3) is 0 Å². The third kappa shape index (κ3) is 6.59. The maximum absolute atomic E-state index is 11.3. The molecule has 0 bridgehead atoms. The molecule has 19 heavy (non-hydrogen) atoms. The van der Waals surface area contributed by atoms with E-state index in [2.05, 4.69) is 57.8 Å². The van der Waals surface area contributed by atoms with E-state index < -0.39 is 0 Å². The first-order valence-corrected chi connectivity index (χ1v) is 7.21. The van der Waals surface area contributed by atoms with Gasteiger partial charge >= 0.3 is 6.03 Å². The molecule has 0 fully saturated rings. The second-order valence-corrected chi connectivity index (χ2v) is 5.73. The summed E-state index contributed by atoms with van der Waals surface area (Å²) < 4.78 is 1.10. The zero-order valence-corrected chi connectivity index (χ0v) is 13.3. The van der Waals surface area contributed by atoms with Crippen LogP contribution in [0.15, 0.2) is 28.7 Å². The molecule has 1 aromatic rings. The van der Waals surface area contributed by atoms with Crippen LogP contribution in [0.2, 0.25) is 0 Å². The van der Waals surface area contributed by atoms with Gasteiger partial charge in [-0.05, 0) is 31.0 Å². The van der Waals surface area contributed by atoms with Crippen molar-refractivity contribution in [1.82, 2.24) is 15.5 Å². The van der Waals surface area contributed by atoms with Crippen LogP contribution in [0.3, 0.4) is 0 Å². The monoisotopic (exact) mass is 327 g/mol. The molecule has 0 heterocycles. The van der Waals surface area contributed by atoms with Crippen molar-refractivity contribution in [2.75, 3.05) is 27.2 Å². The maximum atomic E-state index is 11.3. The normalized spacial score (nSPS) is 12.0.